The predicted octanol–water partition coefficient (Wildman–Crippen LogP) is 2.91. The van der Waals surface area contributed by atoms with Gasteiger partial charge >= 0.3 is 0 Å². The van der Waals surface area contributed by atoms with E-state index in [9.17, 15) is 9.59 Å². The molecule has 0 spiro atoms. The number of ether oxygens (including phenoxy) is 2. The number of thiocarbonyl (C=S) groups is 1. The molecular formula is C22H27N3O4S. The predicted molar refractivity (Wildman–Crippen MR) is 121 cm³/mol. The molecule has 8 heteroatoms. The Kier molecular flexibility index (Phi) is 9.76. The second-order valence-corrected chi connectivity index (χ2v) is 6.73. The van der Waals surface area contributed by atoms with Gasteiger partial charge in [-0.2, -0.15) is 0 Å². The van der Waals surface area contributed by atoms with Gasteiger partial charge in [0, 0.05) is 25.8 Å². The minimum atomic E-state index is -0.360. The molecule has 2 aromatic carbocycles. The molecule has 2 rings (SSSR count). The maximum Gasteiger partial charge on any atom is 0.261 e. The summed E-state index contributed by atoms with van der Waals surface area (Å²) in [6, 6.07) is 14.5. The van der Waals surface area contributed by atoms with E-state index in [0.29, 0.717) is 44.0 Å². The number of amides is 2. The molecule has 0 aliphatic rings. The molecule has 160 valence electrons. The number of para-hydroxylation sites is 1. The van der Waals surface area contributed by atoms with Crippen LogP contribution < -0.4 is 20.7 Å². The Morgan fingerprint density at radius 1 is 1.03 bits per heavy atom. The highest BCUT2D eigenvalue weighted by molar-refractivity contribution is 7.80. The zero-order chi connectivity index (χ0) is 21.8. The zero-order valence-corrected chi connectivity index (χ0v) is 18.0. The lowest BCUT2D eigenvalue weighted by Gasteiger charge is -2.13. The van der Waals surface area contributed by atoms with Crippen LogP contribution in [0.4, 0.5) is 5.69 Å². The molecule has 0 heterocycles. The first-order chi connectivity index (χ1) is 14.5. The topological polar surface area (TPSA) is 88.7 Å². The van der Waals surface area contributed by atoms with Crippen LogP contribution in [-0.2, 0) is 16.0 Å². The van der Waals surface area contributed by atoms with Crippen LogP contribution in [0, 0.1) is 0 Å². The molecule has 0 unspecified atom stereocenters. The van der Waals surface area contributed by atoms with Crippen molar-refractivity contribution in [2.75, 3.05) is 32.2 Å². The fourth-order valence-corrected chi connectivity index (χ4v) is 2.82. The van der Waals surface area contributed by atoms with Gasteiger partial charge in [0.15, 0.2) is 5.11 Å². The minimum Gasteiger partial charge on any atom is -0.490 e. The Labute approximate surface area is 182 Å². The van der Waals surface area contributed by atoms with Gasteiger partial charge in [-0.25, -0.2) is 0 Å². The van der Waals surface area contributed by atoms with E-state index in [0.717, 1.165) is 11.3 Å². The van der Waals surface area contributed by atoms with Gasteiger partial charge in [0.2, 0.25) is 5.91 Å². The maximum atomic E-state index is 12.6. The second-order valence-electron chi connectivity index (χ2n) is 6.32. The van der Waals surface area contributed by atoms with E-state index in [-0.39, 0.29) is 16.9 Å². The number of hydrogen-bond donors (Lipinski definition) is 3. The fraction of sp³-hybridized carbons (Fsp3) is 0.318. The Hall–Kier alpha value is -2.97. The summed E-state index contributed by atoms with van der Waals surface area (Å²) in [5.74, 6) is 0.114. The van der Waals surface area contributed by atoms with Crippen molar-refractivity contribution in [3.63, 3.8) is 0 Å². The number of aryl methyl sites for hydroxylation is 1. The van der Waals surface area contributed by atoms with Crippen molar-refractivity contribution in [2.45, 2.75) is 19.8 Å². The molecule has 2 amide bonds. The summed E-state index contributed by atoms with van der Waals surface area (Å²) < 4.78 is 10.9. The zero-order valence-electron chi connectivity index (χ0n) is 17.2. The van der Waals surface area contributed by atoms with Crippen LogP contribution >= 0.6 is 12.2 Å². The largest absolute Gasteiger partial charge is 0.490 e. The molecule has 7 nitrogen and oxygen atoms in total. The van der Waals surface area contributed by atoms with Crippen LogP contribution in [-0.4, -0.2) is 43.8 Å². The highest BCUT2D eigenvalue weighted by atomic mass is 32.1. The van der Waals surface area contributed by atoms with Crippen molar-refractivity contribution in [1.29, 1.82) is 0 Å². The molecule has 2 aromatic rings. The third-order valence-corrected chi connectivity index (χ3v) is 4.38. The summed E-state index contributed by atoms with van der Waals surface area (Å²) in [6.45, 7) is 3.33. The Balaban J connectivity index is 1.89. The van der Waals surface area contributed by atoms with Crippen molar-refractivity contribution < 1.29 is 19.1 Å². The number of carbonyl (C=O) groups excluding carboxylic acids is 2. The Morgan fingerprint density at radius 2 is 1.77 bits per heavy atom. The molecule has 3 N–H and O–H groups in total. The van der Waals surface area contributed by atoms with Crippen LogP contribution in [0.1, 0.15) is 29.3 Å². The normalized spacial score (nSPS) is 10.2. The SMILES string of the molecule is CCOCCOc1ccccc1C(=O)NC(=S)Nc1ccc(CCC(=O)NC)cc1. The van der Waals surface area contributed by atoms with E-state index in [2.05, 4.69) is 16.0 Å². The summed E-state index contributed by atoms with van der Waals surface area (Å²) in [6.07, 6.45) is 1.09. The van der Waals surface area contributed by atoms with Gasteiger partial charge < -0.3 is 20.1 Å². The lowest BCUT2D eigenvalue weighted by Crippen LogP contribution is -2.34. The molecule has 0 aromatic heterocycles. The van der Waals surface area contributed by atoms with E-state index in [1.807, 2.05) is 31.2 Å². The first kappa shape index (κ1) is 23.3. The maximum absolute atomic E-state index is 12.6. The van der Waals surface area contributed by atoms with Crippen LogP contribution in [0.3, 0.4) is 0 Å². The first-order valence-electron chi connectivity index (χ1n) is 9.75. The highest BCUT2D eigenvalue weighted by Crippen LogP contribution is 2.18. The van der Waals surface area contributed by atoms with Crippen molar-refractivity contribution in [1.82, 2.24) is 10.6 Å². The number of hydrogen-bond acceptors (Lipinski definition) is 5. The van der Waals surface area contributed by atoms with Gasteiger partial charge in [-0.1, -0.05) is 24.3 Å². The molecule has 0 aliphatic heterocycles. The number of anilines is 1. The Bertz CT molecular complexity index is 856. The number of carbonyl (C=O) groups is 2. The van der Waals surface area contributed by atoms with Gasteiger partial charge in [-0.15, -0.1) is 0 Å². The molecule has 30 heavy (non-hydrogen) atoms. The molecule has 0 saturated carbocycles. The summed E-state index contributed by atoms with van der Waals surface area (Å²) in [4.78, 5) is 23.9. The quantitative estimate of drug-likeness (QED) is 0.398. The van der Waals surface area contributed by atoms with E-state index >= 15 is 0 Å². The monoisotopic (exact) mass is 429 g/mol. The molecule has 0 saturated heterocycles. The molecule has 0 atom stereocenters. The summed E-state index contributed by atoms with van der Waals surface area (Å²) >= 11 is 5.25. The molecule has 0 aliphatic carbocycles. The average molecular weight is 430 g/mol. The standard InChI is InChI=1S/C22H27N3O4S/c1-3-28-14-15-29-19-7-5-4-6-18(19)21(27)25-22(30)24-17-11-8-16(9-12-17)10-13-20(26)23-2/h4-9,11-12H,3,10,13-15H2,1-2H3,(H,23,26)(H2,24,25,27,30). The van der Waals surface area contributed by atoms with Gasteiger partial charge in [0.1, 0.15) is 12.4 Å². The number of nitrogens with one attached hydrogen (secondary N) is 3. The number of rotatable bonds is 10. The molecule has 0 radical (unpaired) electrons. The third kappa shape index (κ3) is 7.81. The third-order valence-electron chi connectivity index (χ3n) is 4.18. The first-order valence-corrected chi connectivity index (χ1v) is 10.2. The lowest BCUT2D eigenvalue weighted by atomic mass is 10.1. The van der Waals surface area contributed by atoms with Crippen LogP contribution in [0.15, 0.2) is 48.5 Å². The number of benzene rings is 2. The minimum absolute atomic E-state index is 0.00300. The molecular weight excluding hydrogens is 402 g/mol. The van der Waals surface area contributed by atoms with Crippen LogP contribution in [0.2, 0.25) is 0 Å². The smallest absolute Gasteiger partial charge is 0.261 e. The van der Waals surface area contributed by atoms with Crippen LogP contribution in [0.5, 0.6) is 5.75 Å². The van der Waals surface area contributed by atoms with E-state index in [1.54, 1.807) is 31.3 Å². The van der Waals surface area contributed by atoms with Gasteiger partial charge in [0.25, 0.3) is 5.91 Å². The lowest BCUT2D eigenvalue weighted by molar-refractivity contribution is -0.120. The molecule has 0 fully saturated rings. The fourth-order valence-electron chi connectivity index (χ4n) is 2.61. The van der Waals surface area contributed by atoms with Crippen molar-refractivity contribution >= 4 is 34.8 Å². The highest BCUT2D eigenvalue weighted by Gasteiger charge is 2.13. The van der Waals surface area contributed by atoms with Gasteiger partial charge in [-0.05, 0) is 55.4 Å². The summed E-state index contributed by atoms with van der Waals surface area (Å²) in [5.41, 5.74) is 2.17. The summed E-state index contributed by atoms with van der Waals surface area (Å²) in [7, 11) is 1.62. The average Bonchev–Trinajstić information content (AvgIpc) is 2.76. The van der Waals surface area contributed by atoms with Crippen molar-refractivity contribution in [2.24, 2.45) is 0 Å². The Morgan fingerprint density at radius 3 is 2.47 bits per heavy atom. The van der Waals surface area contributed by atoms with Crippen molar-refractivity contribution in [3.8, 4) is 5.75 Å². The van der Waals surface area contributed by atoms with Crippen LogP contribution in [0.25, 0.3) is 0 Å². The van der Waals surface area contributed by atoms with Crippen molar-refractivity contribution in [3.05, 3.63) is 59.7 Å². The van der Waals surface area contributed by atoms with Gasteiger partial charge in [0.05, 0.1) is 12.2 Å². The van der Waals surface area contributed by atoms with E-state index in [1.165, 1.54) is 0 Å². The summed E-state index contributed by atoms with van der Waals surface area (Å²) in [5, 5.41) is 8.43. The second kappa shape index (κ2) is 12.6. The van der Waals surface area contributed by atoms with E-state index < -0.39 is 0 Å². The molecule has 0 bridgehead atoms. The van der Waals surface area contributed by atoms with Gasteiger partial charge in [-0.3, -0.25) is 14.9 Å². The van der Waals surface area contributed by atoms with E-state index in [4.69, 9.17) is 21.7 Å².